The maximum Gasteiger partial charge on any atom is 0.417 e. The molecule has 0 aromatic rings. The average Bonchev–Trinajstić information content (AvgIpc) is 2.53. The van der Waals surface area contributed by atoms with E-state index in [1.807, 2.05) is 23.5 Å². The standard InChI is InChI=1S/C16H24O4S2/c17-15-16(18)20-12-6-2-4-8-14(12)22-10-9-21-13-7-3-1-5-11(13)19-15/h11-14H,1-10H2. The number of ether oxygens (including phenoxy) is 2. The lowest BCUT2D eigenvalue weighted by atomic mass is 9.97. The zero-order chi connectivity index (χ0) is 15.4. The third-order valence-corrected chi connectivity index (χ3v) is 7.79. The Balaban J connectivity index is 1.68. The summed E-state index contributed by atoms with van der Waals surface area (Å²) in [6, 6.07) is 0. The minimum atomic E-state index is -0.785. The van der Waals surface area contributed by atoms with E-state index in [-0.39, 0.29) is 12.2 Å². The summed E-state index contributed by atoms with van der Waals surface area (Å²) < 4.78 is 11.0. The van der Waals surface area contributed by atoms with E-state index in [1.54, 1.807) is 0 Å². The van der Waals surface area contributed by atoms with Crippen molar-refractivity contribution in [1.82, 2.24) is 0 Å². The minimum Gasteiger partial charge on any atom is -0.453 e. The lowest BCUT2D eigenvalue weighted by Crippen LogP contribution is -2.39. The van der Waals surface area contributed by atoms with Crippen molar-refractivity contribution in [2.45, 2.75) is 74.1 Å². The Bertz CT molecular complexity index is 377. The van der Waals surface area contributed by atoms with Crippen molar-refractivity contribution in [3.8, 4) is 0 Å². The van der Waals surface area contributed by atoms with Gasteiger partial charge < -0.3 is 9.47 Å². The fraction of sp³-hybridized carbons (Fsp3) is 0.875. The Labute approximate surface area is 140 Å². The molecule has 0 aromatic heterocycles. The molecule has 3 aliphatic rings. The molecule has 1 heterocycles. The smallest absolute Gasteiger partial charge is 0.417 e. The molecule has 6 heteroatoms. The Morgan fingerprint density at radius 3 is 1.55 bits per heavy atom. The van der Waals surface area contributed by atoms with E-state index in [0.717, 1.165) is 50.0 Å². The third-order valence-electron chi connectivity index (χ3n) is 4.71. The van der Waals surface area contributed by atoms with Gasteiger partial charge in [-0.2, -0.15) is 23.5 Å². The van der Waals surface area contributed by atoms with E-state index in [2.05, 4.69) is 0 Å². The van der Waals surface area contributed by atoms with E-state index >= 15 is 0 Å². The number of carbonyl (C=O) groups excluding carboxylic acids is 2. The Hall–Kier alpha value is -0.360. The van der Waals surface area contributed by atoms with E-state index in [9.17, 15) is 9.59 Å². The van der Waals surface area contributed by atoms with Gasteiger partial charge in [-0.15, -0.1) is 0 Å². The summed E-state index contributed by atoms with van der Waals surface area (Å²) in [5.74, 6) is 0.598. The molecule has 2 saturated carbocycles. The van der Waals surface area contributed by atoms with E-state index < -0.39 is 11.9 Å². The van der Waals surface area contributed by atoms with Gasteiger partial charge in [0.25, 0.3) is 0 Å². The minimum absolute atomic E-state index is 0.120. The Morgan fingerprint density at radius 1 is 0.682 bits per heavy atom. The molecule has 0 amide bonds. The van der Waals surface area contributed by atoms with Crippen molar-refractivity contribution < 1.29 is 19.1 Å². The van der Waals surface area contributed by atoms with Crippen molar-refractivity contribution in [2.24, 2.45) is 0 Å². The molecule has 0 spiro atoms. The first-order valence-corrected chi connectivity index (χ1v) is 10.5. The highest BCUT2D eigenvalue weighted by Crippen LogP contribution is 2.35. The van der Waals surface area contributed by atoms with Gasteiger partial charge in [0, 0.05) is 22.0 Å². The number of hydrogen-bond acceptors (Lipinski definition) is 6. The van der Waals surface area contributed by atoms with Crippen molar-refractivity contribution in [3.05, 3.63) is 0 Å². The van der Waals surface area contributed by atoms with Crippen molar-refractivity contribution in [2.75, 3.05) is 11.5 Å². The number of hydrogen-bond donors (Lipinski definition) is 0. The third kappa shape index (κ3) is 4.13. The molecule has 0 N–H and O–H groups in total. The summed E-state index contributed by atoms with van der Waals surface area (Å²) in [6.45, 7) is 0. The van der Waals surface area contributed by atoms with Gasteiger partial charge in [-0.05, 0) is 38.5 Å². The van der Waals surface area contributed by atoms with Gasteiger partial charge in [-0.25, -0.2) is 9.59 Å². The van der Waals surface area contributed by atoms with E-state index in [1.165, 1.54) is 12.8 Å². The van der Waals surface area contributed by atoms with E-state index in [4.69, 9.17) is 9.47 Å². The Kier molecular flexibility index (Phi) is 5.96. The van der Waals surface area contributed by atoms with Gasteiger partial charge in [-0.3, -0.25) is 0 Å². The zero-order valence-corrected chi connectivity index (χ0v) is 14.5. The molecule has 4 atom stereocenters. The predicted octanol–water partition coefficient (Wildman–Crippen LogP) is 3.18. The van der Waals surface area contributed by atoms with Crippen LogP contribution >= 0.6 is 23.5 Å². The second kappa shape index (κ2) is 7.95. The molecule has 1 aliphatic heterocycles. The lowest BCUT2D eigenvalue weighted by molar-refractivity contribution is -0.175. The second-order valence-corrected chi connectivity index (χ2v) is 8.97. The highest BCUT2D eigenvalue weighted by Gasteiger charge is 2.35. The van der Waals surface area contributed by atoms with Gasteiger partial charge in [0.1, 0.15) is 12.2 Å². The molecular weight excluding hydrogens is 320 g/mol. The molecule has 124 valence electrons. The van der Waals surface area contributed by atoms with Gasteiger partial charge in [-0.1, -0.05) is 12.8 Å². The summed E-state index contributed by atoms with van der Waals surface area (Å²) in [4.78, 5) is 24.1. The zero-order valence-electron chi connectivity index (χ0n) is 12.8. The molecule has 0 aromatic carbocycles. The highest BCUT2D eigenvalue weighted by molar-refractivity contribution is 8.03. The van der Waals surface area contributed by atoms with Crippen molar-refractivity contribution >= 4 is 35.5 Å². The number of fused-ring (bicyclic) bond motifs is 2. The van der Waals surface area contributed by atoms with Crippen molar-refractivity contribution in [3.63, 3.8) is 0 Å². The van der Waals surface area contributed by atoms with Crippen LogP contribution in [0.4, 0.5) is 0 Å². The monoisotopic (exact) mass is 344 g/mol. The van der Waals surface area contributed by atoms with Crippen LogP contribution in [0, 0.1) is 0 Å². The molecule has 22 heavy (non-hydrogen) atoms. The Morgan fingerprint density at radius 2 is 1.09 bits per heavy atom. The van der Waals surface area contributed by atoms with Gasteiger partial charge in [0.2, 0.25) is 0 Å². The van der Waals surface area contributed by atoms with Crippen LogP contribution in [0.3, 0.4) is 0 Å². The predicted molar refractivity (Wildman–Crippen MR) is 89.2 cm³/mol. The first-order valence-electron chi connectivity index (χ1n) is 8.39. The summed E-state index contributed by atoms with van der Waals surface area (Å²) in [5.41, 5.74) is 0. The summed E-state index contributed by atoms with van der Waals surface area (Å²) in [6.07, 6.45) is 8.18. The van der Waals surface area contributed by atoms with E-state index in [0.29, 0.717) is 10.5 Å². The molecule has 1 saturated heterocycles. The van der Waals surface area contributed by atoms with Crippen LogP contribution in [0.5, 0.6) is 0 Å². The molecule has 2 aliphatic carbocycles. The van der Waals surface area contributed by atoms with Crippen LogP contribution < -0.4 is 0 Å². The summed E-state index contributed by atoms with van der Waals surface area (Å²) in [5, 5.41) is 0.681. The number of carbonyl (C=O) groups is 2. The first-order chi connectivity index (χ1) is 10.7. The molecule has 4 unspecified atom stereocenters. The summed E-state index contributed by atoms with van der Waals surface area (Å²) in [7, 11) is 0. The first kappa shape index (κ1) is 16.5. The van der Waals surface area contributed by atoms with Crippen LogP contribution in [-0.2, 0) is 19.1 Å². The van der Waals surface area contributed by atoms with Crippen LogP contribution in [-0.4, -0.2) is 46.2 Å². The highest BCUT2D eigenvalue weighted by atomic mass is 32.2. The fourth-order valence-corrected chi connectivity index (χ4v) is 6.40. The average molecular weight is 344 g/mol. The van der Waals surface area contributed by atoms with Gasteiger partial charge in [0.05, 0.1) is 0 Å². The largest absolute Gasteiger partial charge is 0.453 e. The summed E-state index contributed by atoms with van der Waals surface area (Å²) >= 11 is 3.82. The topological polar surface area (TPSA) is 52.6 Å². The molecule has 3 fully saturated rings. The molecule has 4 nitrogen and oxygen atoms in total. The number of thioether (sulfide) groups is 2. The van der Waals surface area contributed by atoms with Crippen LogP contribution in [0.1, 0.15) is 51.4 Å². The van der Waals surface area contributed by atoms with Gasteiger partial charge in [0.15, 0.2) is 0 Å². The van der Waals surface area contributed by atoms with Gasteiger partial charge >= 0.3 is 11.9 Å². The second-order valence-electron chi connectivity index (χ2n) is 6.27. The maximum absolute atomic E-state index is 12.0. The van der Waals surface area contributed by atoms with Crippen LogP contribution in [0.25, 0.3) is 0 Å². The quantitative estimate of drug-likeness (QED) is 0.497. The van der Waals surface area contributed by atoms with Crippen LogP contribution in [0.2, 0.25) is 0 Å². The lowest BCUT2D eigenvalue weighted by Gasteiger charge is -2.33. The molecule has 0 radical (unpaired) electrons. The normalized spacial score (nSPS) is 37.6. The van der Waals surface area contributed by atoms with Crippen LogP contribution in [0.15, 0.2) is 0 Å². The molecule has 0 bridgehead atoms. The number of rotatable bonds is 0. The molecular formula is C16H24O4S2. The SMILES string of the molecule is O=C1OC2CCCCC2SCCSC2CCCCC2OC1=O. The number of esters is 2. The maximum atomic E-state index is 12.0. The fourth-order valence-electron chi connectivity index (χ4n) is 3.55. The van der Waals surface area contributed by atoms with Crippen molar-refractivity contribution in [1.29, 1.82) is 0 Å². The molecule has 3 rings (SSSR count).